The van der Waals surface area contributed by atoms with Crippen LogP contribution in [0.15, 0.2) is 29.4 Å². The molecule has 3 N–H and O–H groups in total. The lowest BCUT2D eigenvalue weighted by molar-refractivity contribution is 0.0981. The smallest absolute Gasteiger partial charge is 0.170 e. The Bertz CT molecular complexity index is 421. The summed E-state index contributed by atoms with van der Waals surface area (Å²) in [6.45, 7) is 6.57. The molecule has 0 amide bonds. The Labute approximate surface area is 114 Å². The highest BCUT2D eigenvalue weighted by molar-refractivity contribution is 5.98. The highest BCUT2D eigenvalue weighted by Crippen LogP contribution is 2.13. The molecule has 0 radical (unpaired) electrons. The third-order valence-corrected chi connectivity index (χ3v) is 3.21. The van der Waals surface area contributed by atoms with Crippen molar-refractivity contribution < 1.29 is 9.94 Å². The van der Waals surface area contributed by atoms with Crippen LogP contribution in [0.2, 0.25) is 0 Å². The first kappa shape index (κ1) is 15.5. The van der Waals surface area contributed by atoms with Gasteiger partial charge in [0.1, 0.15) is 0 Å². The zero-order chi connectivity index (χ0) is 14.3. The van der Waals surface area contributed by atoms with E-state index in [4.69, 9.17) is 15.7 Å². The molecular weight excluding hydrogens is 242 g/mol. The Morgan fingerprint density at radius 3 is 2.74 bits per heavy atom. The first-order valence-electron chi connectivity index (χ1n) is 6.42. The maximum atomic E-state index is 8.83. The summed E-state index contributed by atoms with van der Waals surface area (Å²) >= 11 is 0. The van der Waals surface area contributed by atoms with Crippen molar-refractivity contribution in [1.29, 1.82) is 0 Å². The lowest BCUT2D eigenvalue weighted by Crippen LogP contribution is -2.36. The van der Waals surface area contributed by atoms with E-state index in [2.05, 4.69) is 23.9 Å². The van der Waals surface area contributed by atoms with E-state index in [9.17, 15) is 0 Å². The molecule has 106 valence electrons. The summed E-state index contributed by atoms with van der Waals surface area (Å²) in [7, 11) is 1.70. The van der Waals surface area contributed by atoms with Gasteiger partial charge in [0.05, 0.1) is 6.61 Å². The zero-order valence-electron chi connectivity index (χ0n) is 11.8. The van der Waals surface area contributed by atoms with Crippen LogP contribution in [0.4, 0.5) is 0 Å². The van der Waals surface area contributed by atoms with Crippen LogP contribution in [0.25, 0.3) is 0 Å². The molecule has 0 aliphatic carbocycles. The number of amidine groups is 1. The van der Waals surface area contributed by atoms with Crippen LogP contribution in [0.1, 0.15) is 25.0 Å². The highest BCUT2D eigenvalue weighted by atomic mass is 16.5. The molecule has 0 aromatic heterocycles. The number of hydrogen-bond donors (Lipinski definition) is 2. The van der Waals surface area contributed by atoms with E-state index in [1.54, 1.807) is 7.11 Å². The van der Waals surface area contributed by atoms with Gasteiger partial charge in [-0.3, -0.25) is 4.90 Å². The number of nitrogens with two attached hydrogens (primary N) is 1. The first-order valence-corrected chi connectivity index (χ1v) is 6.42. The van der Waals surface area contributed by atoms with Gasteiger partial charge in [0.15, 0.2) is 5.84 Å². The second-order valence-corrected chi connectivity index (χ2v) is 4.51. The van der Waals surface area contributed by atoms with Gasteiger partial charge < -0.3 is 15.7 Å². The van der Waals surface area contributed by atoms with Crippen LogP contribution in [0.3, 0.4) is 0 Å². The van der Waals surface area contributed by atoms with Crippen LogP contribution < -0.4 is 5.73 Å². The van der Waals surface area contributed by atoms with Crippen molar-refractivity contribution in [3.8, 4) is 0 Å². The van der Waals surface area contributed by atoms with Crippen LogP contribution in [-0.2, 0) is 11.3 Å². The Morgan fingerprint density at radius 2 is 2.16 bits per heavy atom. The number of ether oxygens (including phenoxy) is 1. The average Bonchev–Trinajstić information content (AvgIpc) is 2.44. The lowest BCUT2D eigenvalue weighted by atomic mass is 10.1. The third-order valence-electron chi connectivity index (χ3n) is 3.21. The van der Waals surface area contributed by atoms with Crippen LogP contribution in [-0.4, -0.2) is 42.2 Å². The predicted molar refractivity (Wildman–Crippen MR) is 76.4 cm³/mol. The number of likely N-dealkylation sites (N-methyl/N-ethyl adjacent to an activating group) is 1. The summed E-state index contributed by atoms with van der Waals surface area (Å²) in [5.41, 5.74) is 7.52. The Hall–Kier alpha value is -1.59. The number of rotatable bonds is 7. The second kappa shape index (κ2) is 7.76. The van der Waals surface area contributed by atoms with Crippen molar-refractivity contribution in [3.05, 3.63) is 35.4 Å². The molecule has 19 heavy (non-hydrogen) atoms. The molecule has 0 aliphatic heterocycles. The maximum Gasteiger partial charge on any atom is 0.170 e. The van der Waals surface area contributed by atoms with E-state index in [1.807, 2.05) is 24.3 Å². The molecule has 0 saturated carbocycles. The number of nitrogens with zero attached hydrogens (tertiary/aromatic N) is 2. The molecule has 1 aromatic carbocycles. The fourth-order valence-corrected chi connectivity index (χ4v) is 2.11. The molecule has 1 rings (SSSR count). The molecular formula is C14H23N3O2. The third kappa shape index (κ3) is 4.22. The fourth-order valence-electron chi connectivity index (χ4n) is 2.11. The van der Waals surface area contributed by atoms with Gasteiger partial charge in [-0.05, 0) is 19.0 Å². The Balaban J connectivity index is 2.91. The Kier molecular flexibility index (Phi) is 6.32. The van der Waals surface area contributed by atoms with Gasteiger partial charge in [0.25, 0.3) is 0 Å². The molecule has 0 heterocycles. The molecule has 0 aliphatic rings. The SMILES string of the molecule is CCN(Cc1ccccc1C(N)=NO)C(C)COC. The van der Waals surface area contributed by atoms with Crippen molar-refractivity contribution in [3.63, 3.8) is 0 Å². The molecule has 0 spiro atoms. The molecule has 1 aromatic rings. The molecule has 5 heteroatoms. The molecule has 1 unspecified atom stereocenters. The van der Waals surface area contributed by atoms with E-state index in [-0.39, 0.29) is 5.84 Å². The van der Waals surface area contributed by atoms with E-state index in [0.717, 1.165) is 24.2 Å². The first-order chi connectivity index (χ1) is 9.13. The molecule has 0 fully saturated rings. The van der Waals surface area contributed by atoms with Crippen molar-refractivity contribution in [2.75, 3.05) is 20.3 Å². The predicted octanol–water partition coefficient (Wildman–Crippen LogP) is 1.64. The number of oxime groups is 1. The summed E-state index contributed by atoms with van der Waals surface area (Å²) in [4.78, 5) is 2.28. The maximum absolute atomic E-state index is 8.83. The number of benzene rings is 1. The quantitative estimate of drug-likeness (QED) is 0.340. The van der Waals surface area contributed by atoms with Crippen molar-refractivity contribution >= 4 is 5.84 Å². The minimum Gasteiger partial charge on any atom is -0.409 e. The highest BCUT2D eigenvalue weighted by Gasteiger charge is 2.15. The second-order valence-electron chi connectivity index (χ2n) is 4.51. The van der Waals surface area contributed by atoms with E-state index in [1.165, 1.54) is 0 Å². The molecule has 0 saturated heterocycles. The van der Waals surface area contributed by atoms with Gasteiger partial charge in [-0.25, -0.2) is 0 Å². The monoisotopic (exact) mass is 265 g/mol. The summed E-state index contributed by atoms with van der Waals surface area (Å²) in [6.07, 6.45) is 0. The van der Waals surface area contributed by atoms with Crippen LogP contribution >= 0.6 is 0 Å². The van der Waals surface area contributed by atoms with Crippen molar-refractivity contribution in [2.45, 2.75) is 26.4 Å². The normalized spacial score (nSPS) is 13.8. The van der Waals surface area contributed by atoms with Gasteiger partial charge in [-0.2, -0.15) is 0 Å². The Morgan fingerprint density at radius 1 is 1.47 bits per heavy atom. The summed E-state index contributed by atoms with van der Waals surface area (Å²) < 4.78 is 5.19. The standard InChI is InChI=1S/C14H23N3O2/c1-4-17(11(2)10-19-3)9-12-7-5-6-8-13(12)14(15)16-18/h5-8,11,18H,4,9-10H2,1-3H3,(H2,15,16). The molecule has 1 atom stereocenters. The largest absolute Gasteiger partial charge is 0.409 e. The number of hydrogen-bond acceptors (Lipinski definition) is 4. The van der Waals surface area contributed by atoms with Gasteiger partial charge in [0.2, 0.25) is 0 Å². The zero-order valence-corrected chi connectivity index (χ0v) is 11.8. The van der Waals surface area contributed by atoms with Crippen molar-refractivity contribution in [1.82, 2.24) is 4.90 Å². The van der Waals surface area contributed by atoms with E-state index in [0.29, 0.717) is 12.6 Å². The summed E-state index contributed by atoms with van der Waals surface area (Å²) in [5.74, 6) is 0.144. The molecule has 0 bridgehead atoms. The van der Waals surface area contributed by atoms with Gasteiger partial charge in [-0.15, -0.1) is 0 Å². The summed E-state index contributed by atoms with van der Waals surface area (Å²) in [6, 6.07) is 8.01. The average molecular weight is 265 g/mol. The van der Waals surface area contributed by atoms with Gasteiger partial charge in [-0.1, -0.05) is 36.3 Å². The van der Waals surface area contributed by atoms with Gasteiger partial charge in [0, 0.05) is 25.3 Å². The van der Waals surface area contributed by atoms with E-state index >= 15 is 0 Å². The van der Waals surface area contributed by atoms with E-state index < -0.39 is 0 Å². The number of methoxy groups -OCH3 is 1. The van der Waals surface area contributed by atoms with Crippen LogP contribution in [0.5, 0.6) is 0 Å². The van der Waals surface area contributed by atoms with Crippen molar-refractivity contribution in [2.24, 2.45) is 10.9 Å². The fraction of sp³-hybridized carbons (Fsp3) is 0.500. The topological polar surface area (TPSA) is 71.1 Å². The van der Waals surface area contributed by atoms with Gasteiger partial charge >= 0.3 is 0 Å². The lowest BCUT2D eigenvalue weighted by Gasteiger charge is -2.28. The molecule has 5 nitrogen and oxygen atoms in total. The minimum absolute atomic E-state index is 0.144. The minimum atomic E-state index is 0.144. The summed E-state index contributed by atoms with van der Waals surface area (Å²) in [5, 5.41) is 11.9. The van der Waals surface area contributed by atoms with Crippen LogP contribution in [0, 0.1) is 0 Å².